The molecule has 1 aromatic heterocycles. The second kappa shape index (κ2) is 8.07. The van der Waals surface area contributed by atoms with Crippen molar-refractivity contribution in [1.29, 1.82) is 0 Å². The highest BCUT2D eigenvalue weighted by Gasteiger charge is 2.28. The van der Waals surface area contributed by atoms with E-state index in [1.165, 1.54) is 0 Å². The van der Waals surface area contributed by atoms with Crippen molar-refractivity contribution in [3.05, 3.63) is 71.4 Å². The minimum atomic E-state index is -3.30. The maximum Gasteiger partial charge on any atom is 0.218 e. The number of anilines is 1. The van der Waals surface area contributed by atoms with Crippen LogP contribution >= 0.6 is 11.6 Å². The minimum absolute atomic E-state index is 0.0494. The molecule has 146 valence electrons. The molecule has 0 unspecified atom stereocenters. The molecule has 1 aliphatic rings. The van der Waals surface area contributed by atoms with Crippen LogP contribution in [0.25, 0.3) is 10.8 Å². The molecule has 1 aliphatic heterocycles. The van der Waals surface area contributed by atoms with Gasteiger partial charge in [-0.2, -0.15) is 0 Å². The number of hydrogen-bond acceptors (Lipinski definition) is 4. The van der Waals surface area contributed by atoms with Crippen LogP contribution in [0.3, 0.4) is 0 Å². The van der Waals surface area contributed by atoms with Gasteiger partial charge in [0.15, 0.2) is 0 Å². The quantitative estimate of drug-likeness (QED) is 0.631. The van der Waals surface area contributed by atoms with Gasteiger partial charge < -0.3 is 5.32 Å². The summed E-state index contributed by atoms with van der Waals surface area (Å²) in [6.07, 6.45) is 1.47. The smallest absolute Gasteiger partial charge is 0.218 e. The predicted molar refractivity (Wildman–Crippen MR) is 114 cm³/mol. The van der Waals surface area contributed by atoms with Crippen molar-refractivity contribution in [1.82, 2.24) is 9.29 Å². The van der Waals surface area contributed by atoms with Gasteiger partial charge in [-0.15, -0.1) is 0 Å². The summed E-state index contributed by atoms with van der Waals surface area (Å²) >= 11 is 6.30. The van der Waals surface area contributed by atoms with E-state index in [1.807, 2.05) is 60.7 Å². The van der Waals surface area contributed by atoms with Crippen molar-refractivity contribution in [2.75, 3.05) is 18.4 Å². The first-order valence-electron chi connectivity index (χ1n) is 9.35. The molecule has 0 amide bonds. The molecule has 1 saturated heterocycles. The molecule has 5 nitrogen and oxygen atoms in total. The van der Waals surface area contributed by atoms with Gasteiger partial charge in [0.2, 0.25) is 10.0 Å². The van der Waals surface area contributed by atoms with E-state index in [0.29, 0.717) is 18.2 Å². The third kappa shape index (κ3) is 4.29. The van der Waals surface area contributed by atoms with Crippen LogP contribution in [0.2, 0.25) is 5.15 Å². The molecular formula is C21H22ClN3O2S. The highest BCUT2D eigenvalue weighted by atomic mass is 35.5. The fourth-order valence-corrected chi connectivity index (χ4v) is 5.42. The summed E-state index contributed by atoms with van der Waals surface area (Å²) in [5.41, 5.74) is 0.817. The van der Waals surface area contributed by atoms with Crippen LogP contribution in [-0.4, -0.2) is 36.8 Å². The van der Waals surface area contributed by atoms with Crippen LogP contribution in [0.5, 0.6) is 0 Å². The number of benzene rings is 2. The Hall–Kier alpha value is -2.15. The Morgan fingerprint density at radius 2 is 1.71 bits per heavy atom. The summed E-state index contributed by atoms with van der Waals surface area (Å²) in [4.78, 5) is 4.44. The minimum Gasteiger partial charge on any atom is -0.367 e. The molecule has 4 rings (SSSR count). The molecule has 0 spiro atoms. The van der Waals surface area contributed by atoms with E-state index in [1.54, 1.807) is 4.31 Å². The standard InChI is InChI=1S/C21H22ClN3O2S/c22-21-19-9-5-4-8-17(19)14-20(24-21)23-18-10-12-25(13-11-18)28(26,27)15-16-6-2-1-3-7-16/h1-9,14,18H,10-13,15H2,(H,23,24). The third-order valence-corrected chi connectivity index (χ3v) is 7.22. The van der Waals surface area contributed by atoms with Crippen molar-refractivity contribution in [2.24, 2.45) is 0 Å². The Balaban J connectivity index is 1.39. The van der Waals surface area contributed by atoms with Crippen LogP contribution in [0, 0.1) is 0 Å². The second-order valence-corrected chi connectivity index (χ2v) is 9.41. The number of rotatable bonds is 5. The normalized spacial score (nSPS) is 16.3. The maximum absolute atomic E-state index is 12.7. The molecule has 0 radical (unpaired) electrons. The van der Waals surface area contributed by atoms with Gasteiger partial charge in [0.25, 0.3) is 0 Å². The number of pyridine rings is 1. The highest BCUT2D eigenvalue weighted by molar-refractivity contribution is 7.88. The number of nitrogens with zero attached hydrogens (tertiary/aromatic N) is 2. The van der Waals surface area contributed by atoms with E-state index in [9.17, 15) is 8.42 Å². The van der Waals surface area contributed by atoms with Gasteiger partial charge in [0.05, 0.1) is 5.75 Å². The number of sulfonamides is 1. The van der Waals surface area contributed by atoms with Gasteiger partial charge in [0, 0.05) is 24.5 Å². The molecule has 2 aromatic carbocycles. The lowest BCUT2D eigenvalue weighted by Gasteiger charge is -2.32. The van der Waals surface area contributed by atoms with Crippen molar-refractivity contribution in [3.8, 4) is 0 Å². The van der Waals surface area contributed by atoms with Gasteiger partial charge in [-0.1, -0.05) is 66.2 Å². The number of aromatic nitrogens is 1. The number of hydrogen-bond donors (Lipinski definition) is 1. The first kappa shape index (κ1) is 19.2. The lowest BCUT2D eigenvalue weighted by atomic mass is 10.1. The Labute approximate surface area is 170 Å². The summed E-state index contributed by atoms with van der Waals surface area (Å²) in [6.45, 7) is 1.02. The van der Waals surface area contributed by atoms with Gasteiger partial charge in [-0.3, -0.25) is 0 Å². The topological polar surface area (TPSA) is 62.3 Å². The second-order valence-electron chi connectivity index (χ2n) is 7.08. The summed E-state index contributed by atoms with van der Waals surface area (Å²) in [7, 11) is -3.30. The largest absolute Gasteiger partial charge is 0.367 e. The van der Waals surface area contributed by atoms with Crippen LogP contribution in [-0.2, 0) is 15.8 Å². The molecule has 28 heavy (non-hydrogen) atoms. The molecule has 0 saturated carbocycles. The summed E-state index contributed by atoms with van der Waals surface area (Å²) in [5.74, 6) is 0.780. The molecule has 2 heterocycles. The molecular weight excluding hydrogens is 394 g/mol. The maximum atomic E-state index is 12.7. The average molecular weight is 416 g/mol. The fourth-order valence-electron chi connectivity index (χ4n) is 3.59. The summed E-state index contributed by atoms with van der Waals surface area (Å²) in [6, 6.07) is 19.3. The van der Waals surface area contributed by atoms with Gasteiger partial charge in [-0.25, -0.2) is 17.7 Å². The zero-order chi connectivity index (χ0) is 19.6. The van der Waals surface area contributed by atoms with Crippen LogP contribution in [0.15, 0.2) is 60.7 Å². The monoisotopic (exact) mass is 415 g/mol. The Morgan fingerprint density at radius 1 is 1.04 bits per heavy atom. The number of fused-ring (bicyclic) bond motifs is 1. The van der Waals surface area contributed by atoms with Gasteiger partial charge >= 0.3 is 0 Å². The molecule has 1 fully saturated rings. The summed E-state index contributed by atoms with van der Waals surface area (Å²) in [5, 5.41) is 5.86. The van der Waals surface area contributed by atoms with E-state index in [2.05, 4.69) is 10.3 Å². The Kier molecular flexibility index (Phi) is 5.53. The van der Waals surface area contributed by atoms with Crippen LogP contribution in [0.4, 0.5) is 5.82 Å². The average Bonchev–Trinajstić information content (AvgIpc) is 2.69. The van der Waals surface area contributed by atoms with Gasteiger partial charge in [0.1, 0.15) is 11.0 Å². The van der Waals surface area contributed by atoms with Crippen molar-refractivity contribution >= 4 is 38.2 Å². The molecule has 0 atom stereocenters. The number of halogens is 1. The third-order valence-electron chi connectivity index (χ3n) is 5.09. The Bertz CT molecular complexity index is 1070. The lowest BCUT2D eigenvalue weighted by Crippen LogP contribution is -2.42. The molecule has 0 bridgehead atoms. The van der Waals surface area contributed by atoms with E-state index in [0.717, 1.165) is 35.0 Å². The molecule has 0 aliphatic carbocycles. The fraction of sp³-hybridized carbons (Fsp3) is 0.286. The molecule has 1 N–H and O–H groups in total. The van der Waals surface area contributed by atoms with Crippen molar-refractivity contribution in [2.45, 2.75) is 24.6 Å². The zero-order valence-corrected chi connectivity index (χ0v) is 17.0. The molecule has 3 aromatic rings. The number of nitrogens with one attached hydrogen (secondary N) is 1. The van der Waals surface area contributed by atoms with Crippen molar-refractivity contribution in [3.63, 3.8) is 0 Å². The van der Waals surface area contributed by atoms with E-state index in [4.69, 9.17) is 11.6 Å². The first-order chi connectivity index (χ1) is 13.5. The van der Waals surface area contributed by atoms with E-state index >= 15 is 0 Å². The van der Waals surface area contributed by atoms with E-state index in [-0.39, 0.29) is 11.8 Å². The first-order valence-corrected chi connectivity index (χ1v) is 11.3. The predicted octanol–water partition coefficient (Wildman–Crippen LogP) is 4.29. The highest BCUT2D eigenvalue weighted by Crippen LogP contribution is 2.26. The molecule has 7 heteroatoms. The number of piperidine rings is 1. The Morgan fingerprint density at radius 3 is 2.46 bits per heavy atom. The van der Waals surface area contributed by atoms with Crippen LogP contribution < -0.4 is 5.32 Å². The van der Waals surface area contributed by atoms with Crippen LogP contribution in [0.1, 0.15) is 18.4 Å². The van der Waals surface area contributed by atoms with E-state index < -0.39 is 10.0 Å². The zero-order valence-electron chi connectivity index (χ0n) is 15.4. The van der Waals surface area contributed by atoms with Gasteiger partial charge in [-0.05, 0) is 29.9 Å². The summed E-state index contributed by atoms with van der Waals surface area (Å²) < 4.78 is 27.0. The van der Waals surface area contributed by atoms with Crippen molar-refractivity contribution < 1.29 is 8.42 Å². The SMILES string of the molecule is O=S(=O)(Cc1ccccc1)N1CCC(Nc2cc3ccccc3c(Cl)n2)CC1. The lowest BCUT2D eigenvalue weighted by molar-refractivity contribution is 0.329.